The molecule has 0 radical (unpaired) electrons. The first-order chi connectivity index (χ1) is 10.3. The van der Waals surface area contributed by atoms with E-state index in [-0.39, 0.29) is 0 Å². The Labute approximate surface area is 123 Å². The van der Waals surface area contributed by atoms with Gasteiger partial charge in [0.25, 0.3) is 0 Å². The smallest absolute Gasteiger partial charge is 0.0484 e. The molecule has 2 heteroatoms. The van der Waals surface area contributed by atoms with E-state index in [2.05, 4.69) is 72.4 Å². The Morgan fingerprint density at radius 3 is 2.38 bits per heavy atom. The molecule has 0 saturated heterocycles. The van der Waals surface area contributed by atoms with E-state index in [1.165, 1.54) is 27.2 Å². The minimum Gasteiger partial charge on any atom is -0.398 e. The summed E-state index contributed by atoms with van der Waals surface area (Å²) in [5.41, 5.74) is 10.7. The molecule has 2 nitrogen and oxygen atoms in total. The zero-order valence-electron chi connectivity index (χ0n) is 11.9. The standard InChI is InChI=1S/C19H16N2/c1-21-12-16(15-8-4-5-9-18(15)21)19-14-7-3-2-6-13(14)10-11-17(19)20/h2-12H,20H2,1H3. The number of para-hydroxylation sites is 1. The molecular weight excluding hydrogens is 256 g/mol. The molecule has 102 valence electrons. The molecule has 0 fully saturated rings. The van der Waals surface area contributed by atoms with Crippen LogP contribution in [0.2, 0.25) is 0 Å². The van der Waals surface area contributed by atoms with Crippen molar-refractivity contribution in [2.45, 2.75) is 0 Å². The Balaban J connectivity index is 2.16. The quantitative estimate of drug-likeness (QED) is 0.505. The van der Waals surface area contributed by atoms with E-state index >= 15 is 0 Å². The molecule has 0 spiro atoms. The maximum atomic E-state index is 6.31. The van der Waals surface area contributed by atoms with Crippen molar-refractivity contribution >= 4 is 27.4 Å². The van der Waals surface area contributed by atoms with Gasteiger partial charge in [-0.05, 0) is 22.9 Å². The van der Waals surface area contributed by atoms with Crippen LogP contribution in [-0.2, 0) is 7.05 Å². The van der Waals surface area contributed by atoms with Crippen molar-refractivity contribution in [3.05, 3.63) is 66.9 Å². The number of nitrogens with two attached hydrogens (primary N) is 1. The van der Waals surface area contributed by atoms with Crippen molar-refractivity contribution in [3.8, 4) is 11.1 Å². The lowest BCUT2D eigenvalue weighted by Crippen LogP contribution is -1.91. The van der Waals surface area contributed by atoms with Crippen molar-refractivity contribution < 1.29 is 0 Å². The second-order valence-corrected chi connectivity index (χ2v) is 5.42. The first kappa shape index (κ1) is 12.0. The van der Waals surface area contributed by atoms with Crippen LogP contribution in [0, 0.1) is 0 Å². The number of fused-ring (bicyclic) bond motifs is 2. The summed E-state index contributed by atoms with van der Waals surface area (Å²) in [6.07, 6.45) is 2.17. The molecule has 0 unspecified atom stereocenters. The van der Waals surface area contributed by atoms with Crippen molar-refractivity contribution in [2.75, 3.05) is 5.73 Å². The van der Waals surface area contributed by atoms with Crippen LogP contribution in [0.15, 0.2) is 66.9 Å². The summed E-state index contributed by atoms with van der Waals surface area (Å²) in [4.78, 5) is 0. The number of aromatic nitrogens is 1. The number of anilines is 1. The van der Waals surface area contributed by atoms with E-state index in [0.717, 1.165) is 11.3 Å². The number of hydrogen-bond acceptors (Lipinski definition) is 1. The van der Waals surface area contributed by atoms with Gasteiger partial charge < -0.3 is 10.3 Å². The first-order valence-corrected chi connectivity index (χ1v) is 7.07. The van der Waals surface area contributed by atoms with Crippen molar-refractivity contribution in [3.63, 3.8) is 0 Å². The summed E-state index contributed by atoms with van der Waals surface area (Å²) < 4.78 is 2.16. The van der Waals surface area contributed by atoms with E-state index in [4.69, 9.17) is 5.73 Å². The molecule has 21 heavy (non-hydrogen) atoms. The van der Waals surface area contributed by atoms with Crippen molar-refractivity contribution in [1.82, 2.24) is 4.57 Å². The lowest BCUT2D eigenvalue weighted by Gasteiger charge is -2.09. The van der Waals surface area contributed by atoms with Gasteiger partial charge in [-0.15, -0.1) is 0 Å². The topological polar surface area (TPSA) is 30.9 Å². The highest BCUT2D eigenvalue weighted by Crippen LogP contribution is 2.38. The minimum atomic E-state index is 0.824. The van der Waals surface area contributed by atoms with Crippen LogP contribution in [-0.4, -0.2) is 4.57 Å². The third-order valence-corrected chi connectivity index (χ3v) is 4.13. The van der Waals surface area contributed by atoms with E-state index in [0.29, 0.717) is 0 Å². The Bertz CT molecular complexity index is 964. The van der Waals surface area contributed by atoms with Gasteiger partial charge in [0, 0.05) is 41.0 Å². The number of benzene rings is 3. The number of aryl methyl sites for hydroxylation is 1. The van der Waals surface area contributed by atoms with Gasteiger partial charge in [0.1, 0.15) is 0 Å². The van der Waals surface area contributed by atoms with E-state index in [1.807, 2.05) is 6.07 Å². The van der Waals surface area contributed by atoms with Gasteiger partial charge in [0.05, 0.1) is 0 Å². The molecule has 0 atom stereocenters. The maximum Gasteiger partial charge on any atom is 0.0484 e. The Morgan fingerprint density at radius 1 is 0.810 bits per heavy atom. The zero-order valence-corrected chi connectivity index (χ0v) is 11.9. The van der Waals surface area contributed by atoms with Crippen LogP contribution < -0.4 is 5.73 Å². The molecule has 0 aliphatic heterocycles. The fourth-order valence-electron chi connectivity index (χ4n) is 3.13. The summed E-state index contributed by atoms with van der Waals surface area (Å²) >= 11 is 0. The highest BCUT2D eigenvalue weighted by atomic mass is 14.9. The monoisotopic (exact) mass is 272 g/mol. The van der Waals surface area contributed by atoms with Crippen molar-refractivity contribution in [1.29, 1.82) is 0 Å². The second-order valence-electron chi connectivity index (χ2n) is 5.42. The Morgan fingerprint density at radius 2 is 1.52 bits per heavy atom. The number of nitrogen functional groups attached to an aromatic ring is 1. The number of nitrogens with zero attached hydrogens (tertiary/aromatic N) is 1. The van der Waals surface area contributed by atoms with Gasteiger partial charge in [-0.3, -0.25) is 0 Å². The molecule has 0 aliphatic rings. The van der Waals surface area contributed by atoms with Gasteiger partial charge >= 0.3 is 0 Å². The fourth-order valence-corrected chi connectivity index (χ4v) is 3.13. The Kier molecular flexibility index (Phi) is 2.51. The molecule has 0 bridgehead atoms. The predicted octanol–water partition coefficient (Wildman–Crippen LogP) is 4.58. The number of hydrogen-bond donors (Lipinski definition) is 1. The number of rotatable bonds is 1. The molecule has 3 aromatic carbocycles. The maximum absolute atomic E-state index is 6.31. The summed E-state index contributed by atoms with van der Waals surface area (Å²) in [6.45, 7) is 0. The van der Waals surface area contributed by atoms with Crippen LogP contribution in [0.4, 0.5) is 5.69 Å². The predicted molar refractivity (Wildman–Crippen MR) is 90.3 cm³/mol. The normalized spacial score (nSPS) is 11.3. The molecule has 4 aromatic rings. The average molecular weight is 272 g/mol. The van der Waals surface area contributed by atoms with Crippen LogP contribution in [0.5, 0.6) is 0 Å². The SMILES string of the molecule is Cn1cc(-c2c(N)ccc3ccccc23)c2ccccc21. The van der Waals surface area contributed by atoms with Crippen LogP contribution >= 0.6 is 0 Å². The van der Waals surface area contributed by atoms with Crippen LogP contribution in [0.25, 0.3) is 32.8 Å². The Hall–Kier alpha value is -2.74. The molecule has 4 rings (SSSR count). The summed E-state index contributed by atoms with van der Waals surface area (Å²) in [7, 11) is 2.08. The van der Waals surface area contributed by atoms with E-state index < -0.39 is 0 Å². The lowest BCUT2D eigenvalue weighted by atomic mass is 9.96. The lowest BCUT2D eigenvalue weighted by molar-refractivity contribution is 0.970. The minimum absolute atomic E-state index is 0.824. The zero-order chi connectivity index (χ0) is 14.4. The molecule has 2 N–H and O–H groups in total. The highest BCUT2D eigenvalue weighted by molar-refractivity contribution is 6.09. The molecule has 0 amide bonds. The van der Waals surface area contributed by atoms with Gasteiger partial charge in [-0.25, -0.2) is 0 Å². The fraction of sp³-hybridized carbons (Fsp3) is 0.0526. The highest BCUT2D eigenvalue weighted by Gasteiger charge is 2.13. The third kappa shape index (κ3) is 1.73. The summed E-state index contributed by atoms with van der Waals surface area (Å²) in [6, 6.07) is 20.9. The molecular formula is C19H16N2. The van der Waals surface area contributed by atoms with Gasteiger partial charge in [-0.1, -0.05) is 48.5 Å². The summed E-state index contributed by atoms with van der Waals surface area (Å²) in [5.74, 6) is 0. The largest absolute Gasteiger partial charge is 0.398 e. The molecule has 1 aromatic heterocycles. The average Bonchev–Trinajstić information content (AvgIpc) is 2.85. The molecule has 0 aliphatic carbocycles. The summed E-state index contributed by atoms with van der Waals surface area (Å²) in [5, 5.41) is 3.66. The van der Waals surface area contributed by atoms with Crippen LogP contribution in [0.1, 0.15) is 0 Å². The molecule has 1 heterocycles. The second kappa shape index (κ2) is 4.38. The first-order valence-electron chi connectivity index (χ1n) is 7.07. The van der Waals surface area contributed by atoms with E-state index in [9.17, 15) is 0 Å². The molecule has 0 saturated carbocycles. The van der Waals surface area contributed by atoms with Crippen LogP contribution in [0.3, 0.4) is 0 Å². The van der Waals surface area contributed by atoms with Gasteiger partial charge in [-0.2, -0.15) is 0 Å². The van der Waals surface area contributed by atoms with Crippen molar-refractivity contribution in [2.24, 2.45) is 7.05 Å². The third-order valence-electron chi connectivity index (χ3n) is 4.13. The van der Waals surface area contributed by atoms with Gasteiger partial charge in [0.15, 0.2) is 0 Å². The van der Waals surface area contributed by atoms with E-state index in [1.54, 1.807) is 0 Å². The van der Waals surface area contributed by atoms with Gasteiger partial charge in [0.2, 0.25) is 0 Å².